The van der Waals surface area contributed by atoms with Gasteiger partial charge in [0.25, 0.3) is 0 Å². The predicted molar refractivity (Wildman–Crippen MR) is 103 cm³/mol. The van der Waals surface area contributed by atoms with Crippen LogP contribution >= 0.6 is 0 Å². The van der Waals surface area contributed by atoms with Gasteiger partial charge in [-0.2, -0.15) is 35.0 Å². The number of benzene rings is 2. The van der Waals surface area contributed by atoms with E-state index in [0.29, 0.717) is 0 Å². The molecule has 116 valence electrons. The van der Waals surface area contributed by atoms with E-state index in [2.05, 4.69) is 98.1 Å². The van der Waals surface area contributed by atoms with Crippen LogP contribution in [0.3, 0.4) is 0 Å². The van der Waals surface area contributed by atoms with E-state index in [-0.39, 0.29) is 41.1 Å². The van der Waals surface area contributed by atoms with Gasteiger partial charge in [0, 0.05) is 0 Å². The summed E-state index contributed by atoms with van der Waals surface area (Å²) in [5, 5.41) is 5.32. The molecule has 0 aliphatic carbocycles. The van der Waals surface area contributed by atoms with Crippen LogP contribution in [0.25, 0.3) is 21.5 Å². The minimum absolute atomic E-state index is 0. The number of rotatable bonds is 0. The molecule has 4 aromatic carbocycles. The average Bonchev–Trinajstić information content (AvgIpc) is 3.18. The van der Waals surface area contributed by atoms with E-state index in [1.807, 2.05) is 0 Å². The summed E-state index contributed by atoms with van der Waals surface area (Å²) in [6.07, 6.45) is 0. The van der Waals surface area contributed by atoms with Crippen LogP contribution in [-0.2, 0) is 26.2 Å². The van der Waals surface area contributed by atoms with Crippen LogP contribution < -0.4 is 0 Å². The van der Waals surface area contributed by atoms with Crippen LogP contribution in [-0.4, -0.2) is 0 Å². The number of hydrogen-bond donors (Lipinski definition) is 0. The third-order valence-electron chi connectivity index (χ3n) is 3.10. The summed E-state index contributed by atoms with van der Waals surface area (Å²) < 4.78 is 0. The monoisotopic (exact) mass is 378 g/mol. The van der Waals surface area contributed by atoms with Gasteiger partial charge in [-0.15, -0.1) is 72.5 Å². The molecule has 0 aliphatic heterocycles. The molecular weight excluding hydrogens is 355 g/mol. The van der Waals surface area contributed by atoms with E-state index in [1.54, 1.807) is 0 Å². The van der Waals surface area contributed by atoms with Gasteiger partial charge in [0.15, 0.2) is 0 Å². The largest absolute Gasteiger partial charge is 4.00 e. The maximum Gasteiger partial charge on any atom is 4.00 e. The van der Waals surface area contributed by atoms with Gasteiger partial charge in [-0.25, -0.2) is 0 Å². The van der Waals surface area contributed by atoms with Crippen molar-refractivity contribution >= 4 is 21.5 Å². The molecule has 0 fully saturated rings. The Morgan fingerprint density at radius 1 is 0.565 bits per heavy atom. The van der Waals surface area contributed by atoms with Crippen molar-refractivity contribution in [2.75, 3.05) is 0 Å². The molecule has 0 N–H and O–H groups in total. The Labute approximate surface area is 160 Å². The molecule has 0 heterocycles. The molecular formula is C22H24Zr. The molecule has 1 heteroatoms. The first-order valence-electron chi connectivity index (χ1n) is 6.64. The van der Waals surface area contributed by atoms with Gasteiger partial charge in [-0.1, -0.05) is 12.1 Å². The van der Waals surface area contributed by atoms with Crippen LogP contribution in [0, 0.1) is 14.9 Å². The summed E-state index contributed by atoms with van der Waals surface area (Å²) in [6.45, 7) is 6.00. The van der Waals surface area contributed by atoms with Crippen LogP contribution in [0.4, 0.5) is 0 Å². The van der Waals surface area contributed by atoms with Crippen molar-refractivity contribution in [3.63, 3.8) is 0 Å². The van der Waals surface area contributed by atoms with Crippen molar-refractivity contribution in [2.24, 2.45) is 0 Å². The first-order valence-corrected chi connectivity index (χ1v) is 6.64. The topological polar surface area (TPSA) is 0 Å². The summed E-state index contributed by atoms with van der Waals surface area (Å²) in [6, 6.07) is 29.3. The van der Waals surface area contributed by atoms with Crippen LogP contribution in [0.5, 0.6) is 0 Å². The minimum atomic E-state index is 0. The molecule has 0 saturated heterocycles. The van der Waals surface area contributed by atoms with Gasteiger partial charge >= 0.3 is 26.2 Å². The van der Waals surface area contributed by atoms with E-state index >= 15 is 0 Å². The Hall–Kier alpha value is -1.72. The van der Waals surface area contributed by atoms with Gasteiger partial charge in [-0.3, -0.25) is 0 Å². The first-order chi connectivity index (χ1) is 9.93. The van der Waals surface area contributed by atoms with Gasteiger partial charge < -0.3 is 14.9 Å². The summed E-state index contributed by atoms with van der Waals surface area (Å²) in [4.78, 5) is 0. The standard InChI is InChI=1S/2C9H7.C2H4.2CH3.Zr/c2*1-2-5-9-7-3-6-8(9)4-1;1-2;;;/h2*1-7H;1-2H2;2*1H3;/q2*-1;;2*-1;+4. The summed E-state index contributed by atoms with van der Waals surface area (Å²) in [7, 11) is 0. The molecule has 0 radical (unpaired) electrons. The molecule has 23 heavy (non-hydrogen) atoms. The molecule has 0 unspecified atom stereocenters. The summed E-state index contributed by atoms with van der Waals surface area (Å²) in [5.74, 6) is 0. The normalized spacial score (nSPS) is 8.17. The maximum absolute atomic E-state index is 3.00. The van der Waals surface area contributed by atoms with Crippen LogP contribution in [0.15, 0.2) is 98.1 Å². The third-order valence-corrected chi connectivity index (χ3v) is 3.10. The van der Waals surface area contributed by atoms with Crippen molar-refractivity contribution in [1.82, 2.24) is 0 Å². The molecule has 0 amide bonds. The Bertz CT molecular complexity index is 635. The fourth-order valence-corrected chi connectivity index (χ4v) is 2.14. The Morgan fingerprint density at radius 2 is 0.913 bits per heavy atom. The fourth-order valence-electron chi connectivity index (χ4n) is 2.14. The minimum Gasteiger partial charge on any atom is -0.358 e. The number of hydrogen-bond acceptors (Lipinski definition) is 0. The second-order valence-electron chi connectivity index (χ2n) is 4.31. The van der Waals surface area contributed by atoms with Gasteiger partial charge in [0.05, 0.1) is 0 Å². The second-order valence-corrected chi connectivity index (χ2v) is 4.31. The molecule has 4 rings (SSSR count). The zero-order valence-corrected chi connectivity index (χ0v) is 16.5. The van der Waals surface area contributed by atoms with Crippen molar-refractivity contribution in [3.05, 3.63) is 113 Å². The van der Waals surface area contributed by atoms with Crippen molar-refractivity contribution in [1.29, 1.82) is 0 Å². The van der Waals surface area contributed by atoms with Gasteiger partial charge in [-0.05, 0) is 0 Å². The molecule has 0 bridgehead atoms. The predicted octanol–water partition coefficient (Wildman–Crippen LogP) is 6.82. The van der Waals surface area contributed by atoms with Gasteiger partial charge in [0.1, 0.15) is 0 Å². The summed E-state index contributed by atoms with van der Waals surface area (Å²) >= 11 is 0. The van der Waals surface area contributed by atoms with Crippen molar-refractivity contribution < 1.29 is 26.2 Å². The molecule has 4 aromatic rings. The third kappa shape index (κ3) is 6.51. The van der Waals surface area contributed by atoms with Crippen molar-refractivity contribution in [3.8, 4) is 0 Å². The molecule has 0 saturated carbocycles. The zero-order valence-electron chi connectivity index (χ0n) is 14.0. The van der Waals surface area contributed by atoms with E-state index in [1.165, 1.54) is 21.5 Å². The fraction of sp³-hybridized carbons (Fsp3) is 0. The zero-order chi connectivity index (χ0) is 14.2. The quantitative estimate of drug-likeness (QED) is 0.232. The Morgan fingerprint density at radius 3 is 1.26 bits per heavy atom. The Kier molecular flexibility index (Phi) is 13.1. The molecule has 0 spiro atoms. The SMILES string of the molecule is C=C.[CH3-].[CH3-].[Zr+4].c1ccc2[cH-]ccc2c1.c1ccc2[cH-]ccc2c1. The molecule has 0 atom stereocenters. The molecule has 0 nitrogen and oxygen atoms in total. The Balaban J connectivity index is 0. The number of fused-ring (bicyclic) bond motifs is 2. The van der Waals surface area contributed by atoms with E-state index in [4.69, 9.17) is 0 Å². The first kappa shape index (κ1) is 23.5. The average molecular weight is 380 g/mol. The molecule has 0 aromatic heterocycles. The maximum atomic E-state index is 3.00. The van der Waals surface area contributed by atoms with E-state index in [0.717, 1.165) is 0 Å². The smallest absolute Gasteiger partial charge is 0.358 e. The molecule has 0 aliphatic rings. The van der Waals surface area contributed by atoms with Gasteiger partial charge in [0.2, 0.25) is 0 Å². The second kappa shape index (κ2) is 12.8. The van der Waals surface area contributed by atoms with Crippen LogP contribution in [0.2, 0.25) is 0 Å². The van der Waals surface area contributed by atoms with Crippen LogP contribution in [0.1, 0.15) is 0 Å². The van der Waals surface area contributed by atoms with E-state index < -0.39 is 0 Å². The van der Waals surface area contributed by atoms with E-state index in [9.17, 15) is 0 Å². The van der Waals surface area contributed by atoms with Crippen molar-refractivity contribution in [2.45, 2.75) is 0 Å². The summed E-state index contributed by atoms with van der Waals surface area (Å²) in [5.41, 5.74) is 0.